The largest absolute Gasteiger partial charge is 0.313 e. The second-order valence-corrected chi connectivity index (χ2v) is 4.89. The summed E-state index contributed by atoms with van der Waals surface area (Å²) < 4.78 is 0. The average Bonchev–Trinajstić information content (AvgIpc) is 2.40. The molecule has 0 unspecified atom stereocenters. The zero-order valence-corrected chi connectivity index (χ0v) is 10.8. The van der Waals surface area contributed by atoms with Crippen LogP contribution in [0.5, 0.6) is 0 Å². The molecule has 0 bridgehead atoms. The van der Waals surface area contributed by atoms with E-state index in [1.54, 1.807) is 12.4 Å². The third kappa shape index (κ3) is 3.48. The van der Waals surface area contributed by atoms with Gasteiger partial charge in [-0.2, -0.15) is 0 Å². The van der Waals surface area contributed by atoms with E-state index in [9.17, 15) is 0 Å². The van der Waals surface area contributed by atoms with Crippen molar-refractivity contribution in [3.63, 3.8) is 0 Å². The molecule has 0 spiro atoms. The first-order valence-corrected chi connectivity index (χ1v) is 6.47. The maximum atomic E-state index is 4.37. The summed E-state index contributed by atoms with van der Waals surface area (Å²) in [7, 11) is 2.16. The summed E-state index contributed by atoms with van der Waals surface area (Å²) in [6.45, 7) is 4.43. The van der Waals surface area contributed by atoms with Crippen LogP contribution in [0.2, 0.25) is 0 Å². The molecule has 1 aliphatic heterocycles. The Morgan fingerprint density at radius 2 is 2.35 bits per heavy atom. The summed E-state index contributed by atoms with van der Waals surface area (Å²) >= 11 is 0. The van der Waals surface area contributed by atoms with Crippen LogP contribution in [-0.4, -0.2) is 41.0 Å². The minimum atomic E-state index is 0.326. The van der Waals surface area contributed by atoms with Crippen LogP contribution in [0.15, 0.2) is 18.6 Å². The van der Waals surface area contributed by atoms with Gasteiger partial charge in [0.1, 0.15) is 0 Å². The molecule has 4 heteroatoms. The van der Waals surface area contributed by atoms with Crippen LogP contribution in [0.1, 0.15) is 37.9 Å². The molecule has 2 atom stereocenters. The van der Waals surface area contributed by atoms with E-state index in [2.05, 4.69) is 34.2 Å². The highest BCUT2D eigenvalue weighted by Crippen LogP contribution is 2.17. The lowest BCUT2D eigenvalue weighted by molar-refractivity contribution is 0.211. The number of aromatic nitrogens is 2. The Kier molecular flexibility index (Phi) is 4.45. The van der Waals surface area contributed by atoms with Gasteiger partial charge in [0, 0.05) is 31.2 Å². The van der Waals surface area contributed by atoms with Crippen LogP contribution < -0.4 is 5.32 Å². The number of hydrogen-bond acceptors (Lipinski definition) is 4. The number of nitrogens with zero attached hydrogens (tertiary/aromatic N) is 3. The second-order valence-electron chi connectivity index (χ2n) is 4.89. The number of likely N-dealkylation sites (N-methyl/N-ethyl adjacent to an activating group) is 1. The predicted octanol–water partition coefficient (Wildman–Crippen LogP) is 1.61. The second kappa shape index (κ2) is 6.07. The van der Waals surface area contributed by atoms with E-state index in [1.807, 2.05) is 6.20 Å². The maximum Gasteiger partial charge on any atom is 0.0755 e. The fraction of sp³-hybridized carbons (Fsp3) is 0.692. The number of hydrogen-bond donors (Lipinski definition) is 1. The molecule has 2 rings (SSSR count). The number of piperidine rings is 1. The fourth-order valence-corrected chi connectivity index (χ4v) is 2.34. The van der Waals surface area contributed by atoms with Crippen LogP contribution in [0.25, 0.3) is 0 Å². The fourth-order valence-electron chi connectivity index (χ4n) is 2.34. The highest BCUT2D eigenvalue weighted by Gasteiger charge is 2.19. The van der Waals surface area contributed by atoms with Crippen molar-refractivity contribution in [1.29, 1.82) is 0 Å². The van der Waals surface area contributed by atoms with Gasteiger partial charge in [0.15, 0.2) is 0 Å². The van der Waals surface area contributed by atoms with E-state index < -0.39 is 0 Å². The molecular formula is C13H22N4. The maximum absolute atomic E-state index is 4.37. The normalized spacial score (nSPS) is 22.6. The topological polar surface area (TPSA) is 41.1 Å². The quantitative estimate of drug-likeness (QED) is 0.859. The van der Waals surface area contributed by atoms with Crippen LogP contribution in [-0.2, 0) is 0 Å². The van der Waals surface area contributed by atoms with Crippen molar-refractivity contribution in [3.05, 3.63) is 24.3 Å². The third-order valence-corrected chi connectivity index (χ3v) is 3.59. The molecule has 0 amide bonds. The molecule has 1 aliphatic rings. The van der Waals surface area contributed by atoms with Gasteiger partial charge in [-0.05, 0) is 33.4 Å². The molecule has 1 aromatic rings. The third-order valence-electron chi connectivity index (χ3n) is 3.59. The van der Waals surface area contributed by atoms with Crippen molar-refractivity contribution < 1.29 is 0 Å². The van der Waals surface area contributed by atoms with Crippen molar-refractivity contribution >= 4 is 0 Å². The van der Waals surface area contributed by atoms with Gasteiger partial charge in [0.05, 0.1) is 11.7 Å². The Labute approximate surface area is 103 Å². The van der Waals surface area contributed by atoms with Crippen molar-refractivity contribution in [3.8, 4) is 0 Å². The van der Waals surface area contributed by atoms with Gasteiger partial charge in [-0.25, -0.2) is 0 Å². The lowest BCUT2D eigenvalue weighted by Gasteiger charge is -2.31. The van der Waals surface area contributed by atoms with E-state index in [1.165, 1.54) is 19.3 Å². The van der Waals surface area contributed by atoms with Crippen molar-refractivity contribution in [2.24, 2.45) is 0 Å². The molecule has 1 N–H and O–H groups in total. The Morgan fingerprint density at radius 1 is 1.47 bits per heavy atom. The molecule has 4 nitrogen and oxygen atoms in total. The van der Waals surface area contributed by atoms with Gasteiger partial charge in [-0.3, -0.25) is 14.9 Å². The van der Waals surface area contributed by atoms with Crippen LogP contribution in [0.4, 0.5) is 0 Å². The monoisotopic (exact) mass is 234 g/mol. The molecule has 1 fully saturated rings. The Hall–Kier alpha value is -1.00. The molecular weight excluding hydrogens is 212 g/mol. The van der Waals surface area contributed by atoms with E-state index in [4.69, 9.17) is 0 Å². The lowest BCUT2D eigenvalue weighted by Crippen LogP contribution is -2.43. The van der Waals surface area contributed by atoms with Gasteiger partial charge in [-0.15, -0.1) is 0 Å². The van der Waals surface area contributed by atoms with Crippen molar-refractivity contribution in [2.75, 3.05) is 20.1 Å². The van der Waals surface area contributed by atoms with E-state index >= 15 is 0 Å². The highest BCUT2D eigenvalue weighted by molar-refractivity contribution is 5.01. The molecule has 94 valence electrons. The first-order chi connectivity index (χ1) is 8.27. The molecule has 0 saturated carbocycles. The van der Waals surface area contributed by atoms with Gasteiger partial charge < -0.3 is 5.32 Å². The Bertz CT molecular complexity index is 321. The summed E-state index contributed by atoms with van der Waals surface area (Å²) in [5.41, 5.74) is 1.05. The van der Waals surface area contributed by atoms with Gasteiger partial charge in [0.25, 0.3) is 0 Å². The zero-order valence-electron chi connectivity index (χ0n) is 10.8. The minimum Gasteiger partial charge on any atom is -0.313 e. The number of nitrogens with one attached hydrogen (secondary N) is 1. The minimum absolute atomic E-state index is 0.326. The van der Waals surface area contributed by atoms with E-state index in [0.29, 0.717) is 12.1 Å². The summed E-state index contributed by atoms with van der Waals surface area (Å²) in [5, 5.41) is 3.58. The Morgan fingerprint density at radius 3 is 3.00 bits per heavy atom. The first kappa shape index (κ1) is 12.5. The molecule has 0 aliphatic carbocycles. The summed E-state index contributed by atoms with van der Waals surface area (Å²) in [6, 6.07) is 0.959. The SMILES string of the molecule is C[C@@H](c1cnccn1)N(C)C[C@H]1CCCCN1. The standard InChI is InChI=1S/C13H22N4/c1-11(13-9-14-7-8-16-13)17(2)10-12-5-3-4-6-15-12/h7-9,11-12,15H,3-6,10H2,1-2H3/t11-,12+/m0/s1. The molecule has 0 aromatic carbocycles. The molecule has 1 saturated heterocycles. The lowest BCUT2D eigenvalue weighted by atomic mass is 10.0. The van der Waals surface area contributed by atoms with Crippen LogP contribution in [0.3, 0.4) is 0 Å². The smallest absolute Gasteiger partial charge is 0.0755 e. The van der Waals surface area contributed by atoms with Crippen molar-refractivity contribution in [2.45, 2.75) is 38.3 Å². The Balaban J connectivity index is 1.88. The first-order valence-electron chi connectivity index (χ1n) is 6.47. The van der Waals surface area contributed by atoms with Crippen molar-refractivity contribution in [1.82, 2.24) is 20.2 Å². The predicted molar refractivity (Wildman–Crippen MR) is 68.7 cm³/mol. The molecule has 2 heterocycles. The van der Waals surface area contributed by atoms with E-state index in [-0.39, 0.29) is 0 Å². The molecule has 1 aromatic heterocycles. The van der Waals surface area contributed by atoms with Crippen LogP contribution in [0, 0.1) is 0 Å². The summed E-state index contributed by atoms with van der Waals surface area (Å²) in [6.07, 6.45) is 9.30. The van der Waals surface area contributed by atoms with Gasteiger partial charge >= 0.3 is 0 Å². The summed E-state index contributed by atoms with van der Waals surface area (Å²) in [4.78, 5) is 10.9. The van der Waals surface area contributed by atoms with Crippen LogP contribution >= 0.6 is 0 Å². The van der Waals surface area contributed by atoms with E-state index in [0.717, 1.165) is 18.8 Å². The van der Waals surface area contributed by atoms with Gasteiger partial charge in [-0.1, -0.05) is 6.42 Å². The highest BCUT2D eigenvalue weighted by atomic mass is 15.2. The van der Waals surface area contributed by atoms with Gasteiger partial charge in [0.2, 0.25) is 0 Å². The summed E-state index contributed by atoms with van der Waals surface area (Å²) in [5.74, 6) is 0. The average molecular weight is 234 g/mol. The molecule has 0 radical (unpaired) electrons. The molecule has 17 heavy (non-hydrogen) atoms. The zero-order chi connectivity index (χ0) is 12.1. The number of rotatable bonds is 4.